The Labute approximate surface area is 344 Å². The van der Waals surface area contributed by atoms with Crippen LogP contribution in [0.2, 0.25) is 0 Å². The van der Waals surface area contributed by atoms with Gasteiger partial charge in [-0.2, -0.15) is 8.42 Å². The molecule has 1 rings (SSSR count). The lowest BCUT2D eigenvalue weighted by Crippen LogP contribution is -2.61. The molecule has 7 N–H and O–H groups in total. The van der Waals surface area contributed by atoms with Gasteiger partial charge in [0.15, 0.2) is 6.29 Å². The number of ether oxygens (including phenoxy) is 2. The third kappa shape index (κ3) is 26.9. The highest BCUT2D eigenvalue weighted by molar-refractivity contribution is 7.80. The number of carbonyl (C=O) groups excluding carboxylic acids is 1. The van der Waals surface area contributed by atoms with Crippen LogP contribution < -0.4 is 5.32 Å². The second-order valence-corrected chi connectivity index (χ2v) is 16.5. The molecule has 0 aliphatic carbocycles. The first-order valence-electron chi connectivity index (χ1n) is 22.0. The van der Waals surface area contributed by atoms with Gasteiger partial charge in [-0.25, -0.2) is 4.18 Å². The molecule has 1 aliphatic heterocycles. The van der Waals surface area contributed by atoms with E-state index in [1.165, 1.54) is 96.0 Å². The van der Waals surface area contributed by atoms with Crippen molar-refractivity contribution in [3.05, 3.63) is 36.5 Å². The highest BCUT2D eigenvalue weighted by atomic mass is 32.3. The first-order valence-corrected chi connectivity index (χ1v) is 23.3. The van der Waals surface area contributed by atoms with Gasteiger partial charge in [0.2, 0.25) is 5.91 Å². The molecule has 0 aromatic carbocycles. The molecular weight excluding hydrogens is 755 g/mol. The van der Waals surface area contributed by atoms with Crippen LogP contribution in [0.3, 0.4) is 0 Å². The van der Waals surface area contributed by atoms with Gasteiger partial charge in [0, 0.05) is 0 Å². The van der Waals surface area contributed by atoms with Crippen LogP contribution in [0, 0.1) is 0 Å². The number of hydrogen-bond donors (Lipinski definition) is 7. The van der Waals surface area contributed by atoms with Crippen LogP contribution in [0.4, 0.5) is 0 Å². The molecule has 0 bridgehead atoms. The summed E-state index contributed by atoms with van der Waals surface area (Å²) in [4.78, 5) is 13.1. The molecule has 14 heteroatoms. The molecule has 8 unspecified atom stereocenters. The Kier molecular flexibility index (Phi) is 31.8. The zero-order valence-corrected chi connectivity index (χ0v) is 35.8. The number of aliphatic hydroxyl groups excluding tert-OH is 5. The zero-order chi connectivity index (χ0) is 42.2. The van der Waals surface area contributed by atoms with Gasteiger partial charge >= 0.3 is 10.4 Å². The lowest BCUT2D eigenvalue weighted by atomic mass is 9.99. The Morgan fingerprint density at radius 1 is 0.702 bits per heavy atom. The van der Waals surface area contributed by atoms with Crippen molar-refractivity contribution in [2.75, 3.05) is 13.2 Å². The number of allylic oxidation sites excluding steroid dienone is 5. The molecule has 0 spiro atoms. The topological polar surface area (TPSA) is 212 Å². The Balaban J connectivity index is 2.68. The van der Waals surface area contributed by atoms with Gasteiger partial charge in [0.1, 0.15) is 30.5 Å². The molecule has 8 atom stereocenters. The smallest absolute Gasteiger partial charge is 0.394 e. The molecule has 0 saturated carbocycles. The summed E-state index contributed by atoms with van der Waals surface area (Å²) in [5, 5.41) is 55.0. The van der Waals surface area contributed by atoms with E-state index in [4.69, 9.17) is 14.0 Å². The maximum atomic E-state index is 13.1. The van der Waals surface area contributed by atoms with Gasteiger partial charge in [0.05, 0.1) is 25.4 Å². The van der Waals surface area contributed by atoms with Crippen molar-refractivity contribution < 1.29 is 57.0 Å². The van der Waals surface area contributed by atoms with Crippen molar-refractivity contribution in [2.45, 2.75) is 217 Å². The van der Waals surface area contributed by atoms with Crippen molar-refractivity contribution in [1.29, 1.82) is 0 Å². The lowest BCUT2D eigenvalue weighted by Gasteiger charge is -2.41. The average Bonchev–Trinajstić information content (AvgIpc) is 3.18. The van der Waals surface area contributed by atoms with Crippen LogP contribution in [0.15, 0.2) is 36.5 Å². The molecule has 13 nitrogen and oxygen atoms in total. The van der Waals surface area contributed by atoms with E-state index in [1.54, 1.807) is 6.08 Å². The molecular formula is C43H79NO12S. The van der Waals surface area contributed by atoms with E-state index >= 15 is 0 Å². The third-order valence-electron chi connectivity index (χ3n) is 10.3. The van der Waals surface area contributed by atoms with Crippen molar-refractivity contribution in [3.63, 3.8) is 0 Å². The highest BCUT2D eigenvalue weighted by Gasteiger charge is 2.48. The van der Waals surface area contributed by atoms with E-state index in [2.05, 4.69) is 47.7 Å². The molecule has 1 saturated heterocycles. The predicted octanol–water partition coefficient (Wildman–Crippen LogP) is 6.91. The van der Waals surface area contributed by atoms with Crippen LogP contribution in [0.1, 0.15) is 168 Å². The van der Waals surface area contributed by atoms with Gasteiger partial charge in [0.25, 0.3) is 0 Å². The molecule has 1 fully saturated rings. The number of hydrogen-bond acceptors (Lipinski definition) is 11. The summed E-state index contributed by atoms with van der Waals surface area (Å²) in [6, 6.07) is -1.14. The fourth-order valence-corrected chi connectivity index (χ4v) is 7.23. The second kappa shape index (κ2) is 34.0. The van der Waals surface area contributed by atoms with Gasteiger partial charge in [-0.05, 0) is 44.9 Å². The van der Waals surface area contributed by atoms with Crippen molar-refractivity contribution in [3.8, 4) is 0 Å². The summed E-state index contributed by atoms with van der Waals surface area (Å²) >= 11 is 0. The number of amides is 1. The summed E-state index contributed by atoms with van der Waals surface area (Å²) in [6.45, 7) is 3.16. The van der Waals surface area contributed by atoms with Crippen LogP contribution in [0.25, 0.3) is 0 Å². The van der Waals surface area contributed by atoms with Crippen LogP contribution >= 0.6 is 0 Å². The summed E-state index contributed by atoms with van der Waals surface area (Å²) in [5.74, 6) is -0.718. The van der Waals surface area contributed by atoms with Crippen molar-refractivity contribution in [2.24, 2.45) is 0 Å². The van der Waals surface area contributed by atoms with Gasteiger partial charge in [-0.15, -0.1) is 0 Å². The third-order valence-corrected chi connectivity index (χ3v) is 10.7. The van der Waals surface area contributed by atoms with Gasteiger partial charge in [-0.3, -0.25) is 9.35 Å². The summed E-state index contributed by atoms with van der Waals surface area (Å²) < 4.78 is 47.4. The molecule has 0 aromatic heterocycles. The molecule has 0 aromatic rings. The van der Waals surface area contributed by atoms with E-state index in [-0.39, 0.29) is 6.42 Å². The molecule has 0 radical (unpaired) electrons. The maximum absolute atomic E-state index is 13.1. The van der Waals surface area contributed by atoms with E-state index in [0.29, 0.717) is 12.8 Å². The van der Waals surface area contributed by atoms with Gasteiger partial charge in [-0.1, -0.05) is 159 Å². The van der Waals surface area contributed by atoms with E-state index < -0.39 is 78.5 Å². The minimum Gasteiger partial charge on any atom is -0.394 e. The number of carbonyl (C=O) groups is 1. The monoisotopic (exact) mass is 834 g/mol. The molecule has 1 aliphatic rings. The second-order valence-electron chi connectivity index (χ2n) is 15.4. The van der Waals surface area contributed by atoms with Crippen LogP contribution in [-0.2, 0) is 28.9 Å². The van der Waals surface area contributed by atoms with Crippen LogP contribution in [0.5, 0.6) is 0 Å². The van der Waals surface area contributed by atoms with Crippen molar-refractivity contribution in [1.82, 2.24) is 5.32 Å². The largest absolute Gasteiger partial charge is 0.397 e. The molecule has 1 amide bonds. The Bertz CT molecular complexity index is 1180. The predicted molar refractivity (Wildman–Crippen MR) is 224 cm³/mol. The average molecular weight is 834 g/mol. The van der Waals surface area contributed by atoms with E-state index in [1.807, 2.05) is 0 Å². The van der Waals surface area contributed by atoms with Crippen LogP contribution in [-0.4, -0.2) is 107 Å². The number of unbranched alkanes of at least 4 members (excludes halogenated alkanes) is 19. The normalized spacial score (nSPS) is 22.1. The first-order chi connectivity index (χ1) is 27.4. The molecule has 57 heavy (non-hydrogen) atoms. The highest BCUT2D eigenvalue weighted by Crippen LogP contribution is 2.26. The number of rotatable bonds is 36. The Morgan fingerprint density at radius 3 is 1.68 bits per heavy atom. The number of nitrogens with one attached hydrogen (secondary N) is 1. The fraction of sp³-hybridized carbons (Fsp3) is 0.837. The summed E-state index contributed by atoms with van der Waals surface area (Å²) in [6.07, 6.45) is 26.6. The SMILES string of the molecule is CCCCCCC/C=C/CC/C=C/CC/C=C/C(O)C(COC1OC(CO)C(O)C(OS(=O)(=O)O)C1O)NC(=O)C(O)CCCCCCCCCCCCCCC. The zero-order valence-electron chi connectivity index (χ0n) is 35.0. The summed E-state index contributed by atoms with van der Waals surface area (Å²) in [7, 11) is -5.12. The minimum atomic E-state index is -5.12. The Morgan fingerprint density at radius 2 is 1.18 bits per heavy atom. The standard InChI is InChI=1S/C43H79NO12S/c1-3-5-7-9-11-13-15-17-18-20-21-23-25-27-29-31-36(46)35(34-54-43-40(49)41(56-57(51,52)53)39(48)38(33-45)55-43)44-42(50)37(47)32-30-28-26-24-22-19-16-14-12-10-8-6-4-2/h15,17,21,23,29,31,35-41,43,45-49H,3-14,16,18-20,22,24-28,30,32-34H2,1-2H3,(H,44,50)(H,51,52,53)/b17-15+,23-21+,31-29+. The molecule has 334 valence electrons. The minimum absolute atomic E-state index is 0.236. The van der Waals surface area contributed by atoms with E-state index in [9.17, 15) is 38.7 Å². The molecule has 1 heterocycles. The number of aliphatic hydroxyl groups is 5. The first kappa shape index (κ1) is 53.3. The fourth-order valence-electron chi connectivity index (χ4n) is 6.73. The van der Waals surface area contributed by atoms with Gasteiger partial charge < -0.3 is 40.3 Å². The summed E-state index contributed by atoms with van der Waals surface area (Å²) in [5.41, 5.74) is 0. The quantitative estimate of drug-likeness (QED) is 0.0195. The van der Waals surface area contributed by atoms with Crippen molar-refractivity contribution >= 4 is 16.3 Å². The maximum Gasteiger partial charge on any atom is 0.397 e. The lowest BCUT2D eigenvalue weighted by molar-refractivity contribution is -0.298. The Hall–Kier alpha value is -1.72. The van der Waals surface area contributed by atoms with E-state index in [0.717, 1.165) is 44.9 Å².